The Morgan fingerprint density at radius 3 is 2.50 bits per heavy atom. The van der Waals surface area contributed by atoms with Crippen LogP contribution in [0.2, 0.25) is 0 Å². The van der Waals surface area contributed by atoms with E-state index in [0.29, 0.717) is 11.3 Å². The zero-order valence-electron chi connectivity index (χ0n) is 15.8. The zero-order valence-corrected chi connectivity index (χ0v) is 15.8. The first-order chi connectivity index (χ1) is 14.3. The second-order valence-electron chi connectivity index (χ2n) is 6.90. The molecule has 1 aliphatic heterocycles. The molecule has 30 heavy (non-hydrogen) atoms. The molecular formula is C22H16F2N2O4. The van der Waals surface area contributed by atoms with Crippen LogP contribution in [0, 0.1) is 11.6 Å². The Morgan fingerprint density at radius 1 is 1.03 bits per heavy atom. The number of hydrogen-bond donors (Lipinski definition) is 1. The van der Waals surface area contributed by atoms with Crippen molar-refractivity contribution in [1.29, 1.82) is 0 Å². The fourth-order valence-corrected chi connectivity index (χ4v) is 3.28. The maximum absolute atomic E-state index is 13.4. The van der Waals surface area contributed by atoms with Gasteiger partial charge >= 0.3 is 0 Å². The number of nitrogens with one attached hydrogen (secondary N) is 1. The van der Waals surface area contributed by atoms with Crippen LogP contribution in [0.15, 0.2) is 59.2 Å². The fraction of sp³-hybridized carbons (Fsp3) is 0.136. The van der Waals surface area contributed by atoms with Crippen molar-refractivity contribution >= 4 is 17.7 Å². The van der Waals surface area contributed by atoms with Crippen LogP contribution < -0.4 is 5.32 Å². The van der Waals surface area contributed by atoms with E-state index in [4.69, 9.17) is 4.42 Å². The molecule has 0 bridgehead atoms. The summed E-state index contributed by atoms with van der Waals surface area (Å²) < 4.78 is 31.7. The van der Waals surface area contributed by atoms with Crippen LogP contribution in [0.5, 0.6) is 0 Å². The first-order valence-electron chi connectivity index (χ1n) is 9.13. The van der Waals surface area contributed by atoms with Crippen LogP contribution in [0.1, 0.15) is 55.4 Å². The minimum atomic E-state index is -1.01. The molecule has 0 fully saturated rings. The molecule has 2 heterocycles. The molecule has 1 unspecified atom stereocenters. The smallest absolute Gasteiger partial charge is 0.261 e. The number of carbonyl (C=O) groups excluding carboxylic acids is 3. The summed E-state index contributed by atoms with van der Waals surface area (Å²) in [5.74, 6) is -3.02. The molecule has 0 spiro atoms. The van der Waals surface area contributed by atoms with Crippen LogP contribution in [0.25, 0.3) is 0 Å². The van der Waals surface area contributed by atoms with Gasteiger partial charge < -0.3 is 9.73 Å². The minimum absolute atomic E-state index is 0.00591. The van der Waals surface area contributed by atoms with Gasteiger partial charge in [-0.1, -0.05) is 6.07 Å². The molecule has 1 aliphatic rings. The number of furan rings is 1. The third kappa shape index (κ3) is 3.47. The summed E-state index contributed by atoms with van der Waals surface area (Å²) in [6.45, 7) is 1.62. The highest BCUT2D eigenvalue weighted by Crippen LogP contribution is 2.26. The van der Waals surface area contributed by atoms with Gasteiger partial charge in [0.05, 0.1) is 30.0 Å². The van der Waals surface area contributed by atoms with Gasteiger partial charge in [0.1, 0.15) is 5.76 Å². The molecule has 4 rings (SSSR count). The summed E-state index contributed by atoms with van der Waals surface area (Å²) in [6, 6.07) is 10.3. The topological polar surface area (TPSA) is 79.6 Å². The van der Waals surface area contributed by atoms with E-state index in [-0.39, 0.29) is 23.2 Å². The highest BCUT2D eigenvalue weighted by atomic mass is 19.2. The lowest BCUT2D eigenvalue weighted by molar-refractivity contribution is 0.0631. The number of fused-ring (bicyclic) bond motifs is 1. The lowest BCUT2D eigenvalue weighted by Crippen LogP contribution is -2.29. The number of hydrogen-bond acceptors (Lipinski definition) is 4. The molecule has 2 aromatic carbocycles. The average molecular weight is 410 g/mol. The normalized spacial score (nSPS) is 14.0. The second kappa shape index (κ2) is 7.55. The van der Waals surface area contributed by atoms with Crippen LogP contribution in [0.4, 0.5) is 8.78 Å². The molecule has 0 radical (unpaired) electrons. The summed E-state index contributed by atoms with van der Waals surface area (Å²) in [6.07, 6.45) is 1.45. The van der Waals surface area contributed by atoms with Crippen LogP contribution >= 0.6 is 0 Å². The van der Waals surface area contributed by atoms with Gasteiger partial charge in [0.15, 0.2) is 11.6 Å². The van der Waals surface area contributed by atoms with Gasteiger partial charge in [-0.2, -0.15) is 0 Å². The molecule has 8 heteroatoms. The fourth-order valence-electron chi connectivity index (χ4n) is 3.28. The Kier molecular flexibility index (Phi) is 4.91. The van der Waals surface area contributed by atoms with Crippen molar-refractivity contribution in [3.8, 4) is 0 Å². The summed E-state index contributed by atoms with van der Waals surface area (Å²) in [4.78, 5) is 38.9. The first-order valence-corrected chi connectivity index (χ1v) is 9.13. The van der Waals surface area contributed by atoms with Gasteiger partial charge in [-0.3, -0.25) is 19.3 Å². The number of nitrogens with zero attached hydrogens (tertiary/aromatic N) is 1. The number of imide groups is 1. The Bertz CT molecular complexity index is 1160. The van der Waals surface area contributed by atoms with E-state index in [1.807, 2.05) is 0 Å². The van der Waals surface area contributed by atoms with Crippen molar-refractivity contribution in [1.82, 2.24) is 10.2 Å². The predicted octanol–water partition coefficient (Wildman–Crippen LogP) is 3.85. The van der Waals surface area contributed by atoms with E-state index in [9.17, 15) is 23.2 Å². The van der Waals surface area contributed by atoms with Crippen LogP contribution in [0.3, 0.4) is 0 Å². The Balaban J connectivity index is 1.52. The number of carbonyl (C=O) groups is 3. The molecular weight excluding hydrogens is 394 g/mol. The van der Waals surface area contributed by atoms with Crippen molar-refractivity contribution < 1.29 is 27.6 Å². The highest BCUT2D eigenvalue weighted by Gasteiger charge is 2.36. The van der Waals surface area contributed by atoms with E-state index in [2.05, 4.69) is 5.32 Å². The Morgan fingerprint density at radius 2 is 1.80 bits per heavy atom. The van der Waals surface area contributed by atoms with E-state index in [1.54, 1.807) is 19.1 Å². The minimum Gasteiger partial charge on any atom is -0.467 e. The van der Waals surface area contributed by atoms with Gasteiger partial charge in [-0.25, -0.2) is 8.78 Å². The lowest BCUT2D eigenvalue weighted by atomic mass is 10.0. The largest absolute Gasteiger partial charge is 0.467 e. The van der Waals surface area contributed by atoms with Crippen molar-refractivity contribution in [2.24, 2.45) is 0 Å². The molecule has 0 saturated carbocycles. The SMILES string of the molecule is CC(NC(=O)c1ccc2c(c1)C(=O)N(Cc1ccco1)C2=O)c1ccc(F)c(F)c1. The van der Waals surface area contributed by atoms with Gasteiger partial charge in [0.2, 0.25) is 0 Å². The molecule has 152 valence electrons. The summed E-state index contributed by atoms with van der Waals surface area (Å²) in [5, 5.41) is 2.67. The van der Waals surface area contributed by atoms with Gasteiger partial charge in [0, 0.05) is 5.56 Å². The summed E-state index contributed by atoms with van der Waals surface area (Å²) in [7, 11) is 0. The maximum atomic E-state index is 13.4. The van der Waals surface area contributed by atoms with E-state index in [0.717, 1.165) is 17.0 Å². The molecule has 0 saturated heterocycles. The molecule has 6 nitrogen and oxygen atoms in total. The average Bonchev–Trinajstić information content (AvgIpc) is 3.33. The standard InChI is InChI=1S/C22H16F2N2O4/c1-12(13-5-7-18(23)19(24)10-13)25-20(27)14-4-6-16-17(9-14)22(29)26(21(16)28)11-15-3-2-8-30-15/h2-10,12H,11H2,1H3,(H,25,27). The van der Waals surface area contributed by atoms with E-state index >= 15 is 0 Å². The van der Waals surface area contributed by atoms with Gasteiger partial charge in [-0.05, 0) is 55.0 Å². The molecule has 3 amide bonds. The van der Waals surface area contributed by atoms with Crippen LogP contribution in [-0.4, -0.2) is 22.6 Å². The van der Waals surface area contributed by atoms with Crippen molar-refractivity contribution in [3.05, 3.63) is 94.4 Å². The monoisotopic (exact) mass is 410 g/mol. The van der Waals surface area contributed by atoms with Crippen molar-refractivity contribution in [2.45, 2.75) is 19.5 Å². The highest BCUT2D eigenvalue weighted by molar-refractivity contribution is 6.22. The Hall–Kier alpha value is -3.81. The summed E-state index contributed by atoms with van der Waals surface area (Å²) in [5.41, 5.74) is 0.889. The molecule has 3 aromatic rings. The van der Waals surface area contributed by atoms with Gasteiger partial charge in [0.25, 0.3) is 17.7 Å². The number of rotatable bonds is 5. The van der Waals surface area contributed by atoms with Crippen LogP contribution in [-0.2, 0) is 6.54 Å². The van der Waals surface area contributed by atoms with E-state index < -0.39 is 35.4 Å². The molecule has 0 aliphatic carbocycles. The zero-order chi connectivity index (χ0) is 21.4. The number of amides is 3. The van der Waals surface area contributed by atoms with E-state index in [1.165, 1.54) is 30.5 Å². The molecule has 1 N–H and O–H groups in total. The molecule has 1 aromatic heterocycles. The molecule has 1 atom stereocenters. The first kappa shape index (κ1) is 19.5. The number of benzene rings is 2. The lowest BCUT2D eigenvalue weighted by Gasteiger charge is -2.15. The van der Waals surface area contributed by atoms with Crippen molar-refractivity contribution in [2.75, 3.05) is 0 Å². The second-order valence-corrected chi connectivity index (χ2v) is 6.90. The van der Waals surface area contributed by atoms with Crippen molar-refractivity contribution in [3.63, 3.8) is 0 Å². The van der Waals surface area contributed by atoms with Gasteiger partial charge in [-0.15, -0.1) is 0 Å². The third-order valence-electron chi connectivity index (χ3n) is 4.92. The Labute approximate surface area is 170 Å². The maximum Gasteiger partial charge on any atom is 0.261 e. The predicted molar refractivity (Wildman–Crippen MR) is 102 cm³/mol. The third-order valence-corrected chi connectivity index (χ3v) is 4.92. The quantitative estimate of drug-likeness (QED) is 0.648. The number of halogens is 2. The summed E-state index contributed by atoms with van der Waals surface area (Å²) >= 11 is 0.